The van der Waals surface area contributed by atoms with Gasteiger partial charge in [-0.15, -0.1) is 0 Å². The number of fused-ring (bicyclic) bond motifs is 6. The van der Waals surface area contributed by atoms with Crippen molar-refractivity contribution in [2.24, 2.45) is 0 Å². The summed E-state index contributed by atoms with van der Waals surface area (Å²) in [6, 6.07) is 57.8. The molecule has 5 heteroatoms. The van der Waals surface area contributed by atoms with E-state index in [0.717, 1.165) is 66.5 Å². The maximum Gasteiger partial charge on any atom is 0.0998 e. The number of benzene rings is 7. The van der Waals surface area contributed by atoms with Gasteiger partial charge in [-0.1, -0.05) is 84.9 Å². The first kappa shape index (κ1) is 28.8. The Hall–Kier alpha value is -7.39. The number of aromatic nitrogens is 2. The molecular weight excluding hydrogens is 611 g/mol. The molecule has 0 saturated heterocycles. The first-order chi connectivity index (χ1) is 24.7. The minimum atomic E-state index is 0.519. The molecule has 230 valence electrons. The van der Waals surface area contributed by atoms with E-state index >= 15 is 0 Å². The molecule has 0 aliphatic heterocycles. The van der Waals surface area contributed by atoms with Gasteiger partial charge in [-0.05, 0) is 83.4 Å². The molecule has 0 unspecified atom stereocenters. The Bertz CT molecular complexity index is 2900. The van der Waals surface area contributed by atoms with Crippen LogP contribution in [0.15, 0.2) is 152 Å². The lowest BCUT2D eigenvalue weighted by Gasteiger charge is -2.18. The fraction of sp³-hybridized carbons (Fsp3) is 0. The Morgan fingerprint density at radius 1 is 0.420 bits per heavy atom. The van der Waals surface area contributed by atoms with Gasteiger partial charge in [0.15, 0.2) is 0 Å². The van der Waals surface area contributed by atoms with Crippen LogP contribution in [0.1, 0.15) is 16.7 Å². The maximum absolute atomic E-state index is 10.5. The molecular formula is C45H25N5. The molecule has 2 heterocycles. The van der Waals surface area contributed by atoms with E-state index in [1.165, 1.54) is 10.8 Å². The van der Waals surface area contributed by atoms with Crippen LogP contribution in [0.3, 0.4) is 0 Å². The zero-order chi connectivity index (χ0) is 33.8. The third-order valence-corrected chi connectivity index (χ3v) is 9.66. The number of nitriles is 3. The predicted molar refractivity (Wildman–Crippen MR) is 200 cm³/mol. The van der Waals surface area contributed by atoms with Crippen molar-refractivity contribution in [3.8, 4) is 51.8 Å². The number of rotatable bonds is 4. The van der Waals surface area contributed by atoms with Crippen LogP contribution in [0.25, 0.3) is 77.2 Å². The van der Waals surface area contributed by atoms with Gasteiger partial charge in [0.25, 0.3) is 0 Å². The molecule has 0 spiro atoms. The lowest BCUT2D eigenvalue weighted by molar-refractivity contribution is 1.18. The topological polar surface area (TPSA) is 81.2 Å². The molecule has 0 atom stereocenters. The van der Waals surface area contributed by atoms with Crippen LogP contribution < -0.4 is 0 Å². The van der Waals surface area contributed by atoms with Crippen molar-refractivity contribution >= 4 is 43.6 Å². The van der Waals surface area contributed by atoms with E-state index in [4.69, 9.17) is 0 Å². The highest BCUT2D eigenvalue weighted by atomic mass is 15.0. The molecule has 0 N–H and O–H groups in total. The molecule has 0 fully saturated rings. The van der Waals surface area contributed by atoms with Crippen LogP contribution in [0, 0.1) is 34.0 Å². The second kappa shape index (κ2) is 11.4. The highest BCUT2D eigenvalue weighted by Gasteiger charge is 2.22. The Morgan fingerprint density at radius 3 is 1.72 bits per heavy atom. The summed E-state index contributed by atoms with van der Waals surface area (Å²) in [5.41, 5.74) is 11.2. The second-order valence-corrected chi connectivity index (χ2v) is 12.3. The minimum absolute atomic E-state index is 0.519. The monoisotopic (exact) mass is 635 g/mol. The zero-order valence-electron chi connectivity index (χ0n) is 26.7. The molecule has 2 aromatic heterocycles. The van der Waals surface area contributed by atoms with Gasteiger partial charge in [0, 0.05) is 32.8 Å². The lowest BCUT2D eigenvalue weighted by Crippen LogP contribution is -2.00. The summed E-state index contributed by atoms with van der Waals surface area (Å²) in [6.45, 7) is 0. The van der Waals surface area contributed by atoms with Crippen molar-refractivity contribution in [3.05, 3.63) is 168 Å². The highest BCUT2D eigenvalue weighted by molar-refractivity contribution is 6.13. The van der Waals surface area contributed by atoms with Crippen LogP contribution >= 0.6 is 0 Å². The lowest BCUT2D eigenvalue weighted by atomic mass is 9.90. The zero-order valence-corrected chi connectivity index (χ0v) is 26.7. The average Bonchev–Trinajstić information content (AvgIpc) is 3.70. The molecule has 5 nitrogen and oxygen atoms in total. The summed E-state index contributed by atoms with van der Waals surface area (Å²) >= 11 is 0. The summed E-state index contributed by atoms with van der Waals surface area (Å²) in [4.78, 5) is 0. The molecule has 9 aromatic rings. The summed E-state index contributed by atoms with van der Waals surface area (Å²) in [5.74, 6) is 0. The van der Waals surface area contributed by atoms with Crippen LogP contribution in [-0.4, -0.2) is 9.13 Å². The quantitative estimate of drug-likeness (QED) is 0.193. The fourth-order valence-corrected chi connectivity index (χ4v) is 7.54. The largest absolute Gasteiger partial charge is 0.309 e. The SMILES string of the molecule is N#Cc1ccc2c(c1)c1c(C#N)cccc1n2-c1cccc(C#N)c1-c1ccccc1-c1ccc(-n2c3ccccc3c3ccccc32)cc1. The standard InChI is InChI=1S/C45H25N5/c46-26-29-19-24-41-38(25-29)45-32(28-48)10-8-18-43(45)50(41)42-17-7-9-31(27-47)44(42)37-14-2-1-11-34(37)30-20-22-33(23-21-30)49-39-15-5-3-12-35(39)36-13-4-6-16-40(36)49/h1-25H. The molecule has 0 saturated carbocycles. The Morgan fingerprint density at radius 2 is 1.02 bits per heavy atom. The summed E-state index contributed by atoms with van der Waals surface area (Å²) in [5, 5.41) is 34.4. The number of para-hydroxylation sites is 2. The average molecular weight is 636 g/mol. The van der Waals surface area contributed by atoms with Crippen molar-refractivity contribution in [2.45, 2.75) is 0 Å². The van der Waals surface area contributed by atoms with E-state index in [1.807, 2.05) is 54.6 Å². The molecule has 50 heavy (non-hydrogen) atoms. The van der Waals surface area contributed by atoms with E-state index in [-0.39, 0.29) is 0 Å². The predicted octanol–water partition coefficient (Wildman–Crippen LogP) is 10.8. The molecule has 0 amide bonds. The van der Waals surface area contributed by atoms with Crippen molar-refractivity contribution in [1.29, 1.82) is 15.8 Å². The summed E-state index contributed by atoms with van der Waals surface area (Å²) in [7, 11) is 0. The molecule has 0 bridgehead atoms. The maximum atomic E-state index is 10.5. The van der Waals surface area contributed by atoms with E-state index in [1.54, 1.807) is 12.1 Å². The fourth-order valence-electron chi connectivity index (χ4n) is 7.54. The molecule has 0 aliphatic carbocycles. The van der Waals surface area contributed by atoms with Gasteiger partial charge < -0.3 is 9.13 Å². The van der Waals surface area contributed by atoms with E-state index in [0.29, 0.717) is 16.7 Å². The number of nitrogens with zero attached hydrogens (tertiary/aromatic N) is 5. The van der Waals surface area contributed by atoms with Gasteiger partial charge in [0.05, 0.1) is 62.7 Å². The van der Waals surface area contributed by atoms with Gasteiger partial charge in [-0.25, -0.2) is 0 Å². The Labute approximate surface area is 287 Å². The van der Waals surface area contributed by atoms with Crippen LogP contribution in [-0.2, 0) is 0 Å². The van der Waals surface area contributed by atoms with Gasteiger partial charge in [-0.2, -0.15) is 15.8 Å². The van der Waals surface area contributed by atoms with Crippen LogP contribution in [0.2, 0.25) is 0 Å². The second-order valence-electron chi connectivity index (χ2n) is 12.3. The van der Waals surface area contributed by atoms with Gasteiger partial charge in [-0.3, -0.25) is 0 Å². The summed E-state index contributed by atoms with van der Waals surface area (Å²) < 4.78 is 4.42. The first-order valence-electron chi connectivity index (χ1n) is 16.3. The number of hydrogen-bond acceptors (Lipinski definition) is 3. The van der Waals surface area contributed by atoms with Crippen molar-refractivity contribution in [2.75, 3.05) is 0 Å². The molecule has 9 rings (SSSR count). The van der Waals surface area contributed by atoms with Crippen LogP contribution in [0.4, 0.5) is 0 Å². The molecule has 0 aliphatic rings. The van der Waals surface area contributed by atoms with Crippen molar-refractivity contribution in [3.63, 3.8) is 0 Å². The highest BCUT2D eigenvalue weighted by Crippen LogP contribution is 2.42. The van der Waals surface area contributed by atoms with Gasteiger partial charge in [0.2, 0.25) is 0 Å². The third-order valence-electron chi connectivity index (χ3n) is 9.66. The normalized spacial score (nSPS) is 11.1. The Kier molecular flexibility index (Phi) is 6.56. The first-order valence-corrected chi connectivity index (χ1v) is 16.3. The van der Waals surface area contributed by atoms with Gasteiger partial charge >= 0.3 is 0 Å². The third kappa shape index (κ3) is 4.24. The Balaban J connectivity index is 1.26. The number of hydrogen-bond donors (Lipinski definition) is 0. The van der Waals surface area contributed by atoms with E-state index in [2.05, 4.69) is 112 Å². The summed E-state index contributed by atoms with van der Waals surface area (Å²) in [6.07, 6.45) is 0. The van der Waals surface area contributed by atoms with Crippen molar-refractivity contribution in [1.82, 2.24) is 9.13 Å². The van der Waals surface area contributed by atoms with E-state index in [9.17, 15) is 15.8 Å². The molecule has 7 aromatic carbocycles. The van der Waals surface area contributed by atoms with Gasteiger partial charge in [0.1, 0.15) is 0 Å². The minimum Gasteiger partial charge on any atom is -0.309 e. The van der Waals surface area contributed by atoms with Crippen LogP contribution in [0.5, 0.6) is 0 Å². The molecule has 0 radical (unpaired) electrons. The van der Waals surface area contributed by atoms with Crippen molar-refractivity contribution < 1.29 is 0 Å². The van der Waals surface area contributed by atoms with E-state index < -0.39 is 0 Å². The smallest absolute Gasteiger partial charge is 0.0998 e.